The van der Waals surface area contributed by atoms with Crippen molar-refractivity contribution in [2.45, 2.75) is 44.4 Å². The summed E-state index contributed by atoms with van der Waals surface area (Å²) in [5, 5.41) is 0. The van der Waals surface area contributed by atoms with Gasteiger partial charge in [-0.1, -0.05) is 25.0 Å². The van der Waals surface area contributed by atoms with E-state index in [4.69, 9.17) is 5.73 Å². The summed E-state index contributed by atoms with van der Waals surface area (Å²) >= 11 is 0. The summed E-state index contributed by atoms with van der Waals surface area (Å²) in [6.45, 7) is -0.157. The highest BCUT2D eigenvalue weighted by Crippen LogP contribution is 2.42. The minimum absolute atomic E-state index is 0.0299. The van der Waals surface area contributed by atoms with E-state index in [9.17, 15) is 18.0 Å². The first-order chi connectivity index (χ1) is 10.9. The lowest BCUT2D eigenvalue weighted by molar-refractivity contribution is -0.138. The zero-order valence-corrected chi connectivity index (χ0v) is 12.6. The van der Waals surface area contributed by atoms with Crippen molar-refractivity contribution in [1.82, 2.24) is 10.9 Å². The third kappa shape index (κ3) is 3.07. The molecule has 2 fully saturated rings. The SMILES string of the molecule is NCc1ccc(C2NNC(=O)C3CCCCC32)cc1C(F)(F)F. The number of rotatable bonds is 2. The molecule has 2 aliphatic rings. The van der Waals surface area contributed by atoms with Crippen LogP contribution in [0.4, 0.5) is 13.2 Å². The minimum atomic E-state index is -4.44. The third-order valence-corrected chi connectivity index (χ3v) is 4.95. The number of hydrogen-bond donors (Lipinski definition) is 3. The fourth-order valence-corrected chi connectivity index (χ4v) is 3.79. The van der Waals surface area contributed by atoms with Gasteiger partial charge in [-0.15, -0.1) is 0 Å². The number of nitrogens with one attached hydrogen (secondary N) is 2. The van der Waals surface area contributed by atoms with Crippen LogP contribution in [0.3, 0.4) is 0 Å². The Bertz CT molecular complexity index is 603. The van der Waals surface area contributed by atoms with Crippen molar-refractivity contribution in [3.05, 3.63) is 34.9 Å². The van der Waals surface area contributed by atoms with Gasteiger partial charge in [0.1, 0.15) is 0 Å². The molecule has 23 heavy (non-hydrogen) atoms. The maximum atomic E-state index is 13.2. The van der Waals surface area contributed by atoms with E-state index in [1.807, 2.05) is 0 Å². The zero-order valence-electron chi connectivity index (χ0n) is 12.6. The first-order valence-corrected chi connectivity index (χ1v) is 7.87. The summed E-state index contributed by atoms with van der Waals surface area (Å²) in [7, 11) is 0. The molecular formula is C16H20F3N3O. The lowest BCUT2D eigenvalue weighted by Gasteiger charge is -2.41. The average Bonchev–Trinajstić information content (AvgIpc) is 2.54. The van der Waals surface area contributed by atoms with Crippen LogP contribution in [-0.2, 0) is 17.5 Å². The smallest absolute Gasteiger partial charge is 0.326 e. The van der Waals surface area contributed by atoms with E-state index in [1.165, 1.54) is 12.1 Å². The van der Waals surface area contributed by atoms with E-state index in [1.54, 1.807) is 6.07 Å². The van der Waals surface area contributed by atoms with Gasteiger partial charge < -0.3 is 5.73 Å². The number of benzene rings is 1. The van der Waals surface area contributed by atoms with Crippen LogP contribution in [0.25, 0.3) is 0 Å². The number of carbonyl (C=O) groups is 1. The van der Waals surface area contributed by atoms with Crippen LogP contribution in [0.1, 0.15) is 48.4 Å². The third-order valence-electron chi connectivity index (χ3n) is 4.95. The van der Waals surface area contributed by atoms with Crippen molar-refractivity contribution in [2.75, 3.05) is 0 Å². The fraction of sp³-hybridized carbons (Fsp3) is 0.562. The Kier molecular flexibility index (Phi) is 4.33. The molecule has 7 heteroatoms. The molecular weight excluding hydrogens is 307 g/mol. The van der Waals surface area contributed by atoms with Crippen molar-refractivity contribution < 1.29 is 18.0 Å². The van der Waals surface area contributed by atoms with Gasteiger partial charge in [0.25, 0.3) is 0 Å². The van der Waals surface area contributed by atoms with Gasteiger partial charge in [-0.3, -0.25) is 10.2 Å². The monoisotopic (exact) mass is 327 g/mol. The Morgan fingerprint density at radius 1 is 1.22 bits per heavy atom. The molecule has 0 radical (unpaired) electrons. The summed E-state index contributed by atoms with van der Waals surface area (Å²) in [4.78, 5) is 12.0. The maximum absolute atomic E-state index is 13.2. The molecule has 4 nitrogen and oxygen atoms in total. The molecule has 3 atom stereocenters. The molecule has 1 aliphatic heterocycles. The largest absolute Gasteiger partial charge is 0.416 e. The Morgan fingerprint density at radius 3 is 2.65 bits per heavy atom. The van der Waals surface area contributed by atoms with Gasteiger partial charge in [-0.05, 0) is 36.0 Å². The van der Waals surface area contributed by atoms with Crippen LogP contribution < -0.4 is 16.6 Å². The summed E-state index contributed by atoms with van der Waals surface area (Å²) in [6.07, 6.45) is -0.813. The summed E-state index contributed by atoms with van der Waals surface area (Å²) in [5.74, 6) is -0.151. The zero-order chi connectivity index (χ0) is 16.6. The Hall–Kier alpha value is -1.60. The molecule has 4 N–H and O–H groups in total. The van der Waals surface area contributed by atoms with E-state index < -0.39 is 11.7 Å². The Morgan fingerprint density at radius 2 is 1.96 bits per heavy atom. The number of fused-ring (bicyclic) bond motifs is 1. The predicted octanol–water partition coefficient (Wildman–Crippen LogP) is 2.65. The first-order valence-electron chi connectivity index (χ1n) is 7.87. The number of alkyl halides is 3. The summed E-state index contributed by atoms with van der Waals surface area (Å²) < 4.78 is 39.7. The molecule has 1 saturated carbocycles. The molecule has 0 bridgehead atoms. The average molecular weight is 327 g/mol. The second-order valence-corrected chi connectivity index (χ2v) is 6.28. The molecule has 1 aliphatic carbocycles. The molecule has 1 aromatic carbocycles. The number of halogens is 3. The quantitative estimate of drug-likeness (QED) is 0.782. The van der Waals surface area contributed by atoms with Gasteiger partial charge in [0.05, 0.1) is 11.6 Å². The highest BCUT2D eigenvalue weighted by Gasteiger charge is 2.41. The molecule has 1 aromatic rings. The molecule has 1 saturated heterocycles. The van der Waals surface area contributed by atoms with Crippen molar-refractivity contribution in [1.29, 1.82) is 0 Å². The molecule has 1 amide bonds. The molecule has 3 unspecified atom stereocenters. The lowest BCUT2D eigenvalue weighted by Crippen LogP contribution is -2.55. The van der Waals surface area contributed by atoms with Crippen molar-refractivity contribution in [3.63, 3.8) is 0 Å². The van der Waals surface area contributed by atoms with Crippen molar-refractivity contribution in [3.8, 4) is 0 Å². The van der Waals surface area contributed by atoms with Crippen LogP contribution in [0.2, 0.25) is 0 Å². The predicted molar refractivity (Wildman–Crippen MR) is 78.8 cm³/mol. The van der Waals surface area contributed by atoms with Gasteiger partial charge >= 0.3 is 6.18 Å². The van der Waals surface area contributed by atoms with Gasteiger partial charge in [0, 0.05) is 12.5 Å². The van der Waals surface area contributed by atoms with Gasteiger partial charge in [0.2, 0.25) is 5.91 Å². The van der Waals surface area contributed by atoms with Crippen LogP contribution in [0.15, 0.2) is 18.2 Å². The van der Waals surface area contributed by atoms with Crippen molar-refractivity contribution in [2.24, 2.45) is 17.6 Å². The number of carbonyl (C=O) groups excluding carboxylic acids is 1. The normalized spacial score (nSPS) is 28.2. The molecule has 1 heterocycles. The standard InChI is InChI=1S/C16H20F3N3O/c17-16(18,19)13-7-9(5-6-10(13)8-20)14-11-3-1-2-4-12(11)15(23)22-21-14/h5-7,11-12,14,21H,1-4,8,20H2,(H,22,23). The minimum Gasteiger partial charge on any atom is -0.326 e. The molecule has 0 spiro atoms. The van der Waals surface area contributed by atoms with Crippen LogP contribution in [0, 0.1) is 11.8 Å². The second kappa shape index (κ2) is 6.13. The topological polar surface area (TPSA) is 67.2 Å². The van der Waals surface area contributed by atoms with Crippen LogP contribution in [-0.4, -0.2) is 5.91 Å². The van der Waals surface area contributed by atoms with Gasteiger partial charge in [0.15, 0.2) is 0 Å². The van der Waals surface area contributed by atoms with Gasteiger partial charge in [-0.2, -0.15) is 13.2 Å². The number of amides is 1. The second-order valence-electron chi connectivity index (χ2n) is 6.28. The highest BCUT2D eigenvalue weighted by molar-refractivity contribution is 5.79. The number of hydrazine groups is 1. The molecule has 0 aromatic heterocycles. The maximum Gasteiger partial charge on any atom is 0.416 e. The summed E-state index contributed by atoms with van der Waals surface area (Å²) in [6, 6.07) is 3.99. The fourth-order valence-electron chi connectivity index (χ4n) is 3.79. The summed E-state index contributed by atoms with van der Waals surface area (Å²) in [5.41, 5.74) is 10.9. The first kappa shape index (κ1) is 16.3. The van der Waals surface area contributed by atoms with E-state index in [0.717, 1.165) is 25.7 Å². The van der Waals surface area contributed by atoms with E-state index in [2.05, 4.69) is 10.9 Å². The van der Waals surface area contributed by atoms with Crippen molar-refractivity contribution >= 4 is 5.91 Å². The van der Waals surface area contributed by atoms with E-state index in [0.29, 0.717) is 5.56 Å². The Labute approximate surface area is 132 Å². The Balaban J connectivity index is 1.96. The number of nitrogens with two attached hydrogens (primary N) is 1. The van der Waals surface area contributed by atoms with Gasteiger partial charge in [-0.25, -0.2) is 5.43 Å². The highest BCUT2D eigenvalue weighted by atomic mass is 19.4. The molecule has 3 rings (SSSR count). The van der Waals surface area contributed by atoms with Crippen LogP contribution in [0.5, 0.6) is 0 Å². The van der Waals surface area contributed by atoms with E-state index in [-0.39, 0.29) is 35.9 Å². The number of hydrogen-bond acceptors (Lipinski definition) is 3. The molecule has 126 valence electrons. The van der Waals surface area contributed by atoms with E-state index >= 15 is 0 Å². The van der Waals surface area contributed by atoms with Crippen LogP contribution >= 0.6 is 0 Å². The lowest BCUT2D eigenvalue weighted by atomic mass is 9.72.